The number of phenols is 1. The average molecular weight is 315 g/mol. The minimum absolute atomic E-state index is 0.308. The Morgan fingerprint density at radius 1 is 1.36 bits per heavy atom. The SMILES string of the molecule is CN1CC[C@H]2Cc3c(ccc(O)c3OC(=O)C(F)(F)F)C[C@H]21. The first-order chi connectivity index (χ1) is 10.3. The Kier molecular flexibility index (Phi) is 3.55. The molecule has 2 aliphatic rings. The molecule has 0 aromatic heterocycles. The molecule has 1 saturated heterocycles. The second-order valence-electron chi connectivity index (χ2n) is 5.94. The number of carbonyl (C=O) groups is 1. The van der Waals surface area contributed by atoms with Crippen LogP contribution in [0.4, 0.5) is 13.2 Å². The molecule has 0 unspecified atom stereocenters. The number of nitrogens with zero attached hydrogens (tertiary/aromatic N) is 1. The third-order valence-corrected chi connectivity index (χ3v) is 4.62. The summed E-state index contributed by atoms with van der Waals surface area (Å²) in [5.41, 5.74) is 1.35. The smallest absolute Gasteiger partial charge is 0.491 e. The van der Waals surface area contributed by atoms with Crippen LogP contribution >= 0.6 is 0 Å². The predicted molar refractivity (Wildman–Crippen MR) is 71.7 cm³/mol. The zero-order valence-electron chi connectivity index (χ0n) is 12.0. The van der Waals surface area contributed by atoms with Crippen LogP contribution in [0.1, 0.15) is 17.5 Å². The number of likely N-dealkylation sites (tertiary alicyclic amines) is 1. The van der Waals surface area contributed by atoms with E-state index in [1.54, 1.807) is 6.07 Å². The summed E-state index contributed by atoms with van der Waals surface area (Å²) in [4.78, 5) is 13.3. The summed E-state index contributed by atoms with van der Waals surface area (Å²) in [5.74, 6) is -2.77. The number of likely N-dealkylation sites (N-methyl/N-ethyl adjacent to an activating group) is 1. The van der Waals surface area contributed by atoms with E-state index in [4.69, 9.17) is 0 Å². The highest BCUT2D eigenvalue weighted by molar-refractivity contribution is 5.79. The Balaban J connectivity index is 1.94. The molecule has 120 valence electrons. The Morgan fingerprint density at radius 2 is 2.09 bits per heavy atom. The van der Waals surface area contributed by atoms with Crippen molar-refractivity contribution in [3.63, 3.8) is 0 Å². The number of hydrogen-bond acceptors (Lipinski definition) is 4. The van der Waals surface area contributed by atoms with E-state index < -0.39 is 17.9 Å². The molecule has 1 aromatic rings. The van der Waals surface area contributed by atoms with Gasteiger partial charge in [0.2, 0.25) is 0 Å². The van der Waals surface area contributed by atoms with E-state index in [0.717, 1.165) is 18.5 Å². The molecule has 3 rings (SSSR count). The van der Waals surface area contributed by atoms with Crippen LogP contribution in [0.5, 0.6) is 11.5 Å². The number of carbonyl (C=O) groups excluding carboxylic acids is 1. The van der Waals surface area contributed by atoms with Gasteiger partial charge in [-0.2, -0.15) is 13.2 Å². The molecule has 0 saturated carbocycles. The van der Waals surface area contributed by atoms with Crippen LogP contribution in [-0.2, 0) is 17.6 Å². The second-order valence-corrected chi connectivity index (χ2v) is 5.94. The summed E-state index contributed by atoms with van der Waals surface area (Å²) >= 11 is 0. The number of fused-ring (bicyclic) bond motifs is 2. The quantitative estimate of drug-likeness (QED) is 0.638. The average Bonchev–Trinajstić information content (AvgIpc) is 2.80. The number of halogens is 3. The maximum absolute atomic E-state index is 12.4. The lowest BCUT2D eigenvalue weighted by molar-refractivity contribution is -0.189. The molecule has 1 fully saturated rings. The molecule has 1 N–H and O–H groups in total. The number of ether oxygens (including phenoxy) is 1. The van der Waals surface area contributed by atoms with Gasteiger partial charge in [0.15, 0.2) is 11.5 Å². The first-order valence-corrected chi connectivity index (χ1v) is 7.10. The van der Waals surface area contributed by atoms with Crippen LogP contribution < -0.4 is 4.74 Å². The Hall–Kier alpha value is -1.76. The normalized spacial score (nSPS) is 24.7. The zero-order chi connectivity index (χ0) is 16.1. The number of esters is 1. The van der Waals surface area contributed by atoms with E-state index in [2.05, 4.69) is 9.64 Å². The van der Waals surface area contributed by atoms with Gasteiger partial charge in [-0.15, -0.1) is 0 Å². The first-order valence-electron chi connectivity index (χ1n) is 7.10. The lowest BCUT2D eigenvalue weighted by Crippen LogP contribution is -2.36. The van der Waals surface area contributed by atoms with Crippen molar-refractivity contribution in [2.24, 2.45) is 5.92 Å². The molecule has 4 nitrogen and oxygen atoms in total. The third kappa shape index (κ3) is 2.54. The van der Waals surface area contributed by atoms with Crippen LogP contribution in [0.2, 0.25) is 0 Å². The first kappa shape index (κ1) is 15.1. The maximum Gasteiger partial charge on any atom is 0.491 e. The summed E-state index contributed by atoms with van der Waals surface area (Å²) in [6.07, 6.45) is -2.94. The molecular weight excluding hydrogens is 299 g/mol. The molecule has 0 bridgehead atoms. The molecule has 1 aliphatic carbocycles. The van der Waals surface area contributed by atoms with E-state index in [9.17, 15) is 23.1 Å². The molecule has 0 radical (unpaired) electrons. The van der Waals surface area contributed by atoms with Crippen LogP contribution in [0.3, 0.4) is 0 Å². The lowest BCUT2D eigenvalue weighted by atomic mass is 9.80. The van der Waals surface area contributed by atoms with Gasteiger partial charge in [0.1, 0.15) is 0 Å². The van der Waals surface area contributed by atoms with Crippen molar-refractivity contribution < 1.29 is 27.8 Å². The highest BCUT2D eigenvalue weighted by Gasteiger charge is 2.43. The van der Waals surface area contributed by atoms with Gasteiger partial charge in [-0.05, 0) is 50.4 Å². The standard InChI is InChI=1S/C15H16F3NO3/c1-19-5-4-9-6-10-8(7-11(9)19)2-3-12(20)13(10)22-14(21)15(16,17)18/h2-3,9,11,20H,4-7H2,1H3/t9-,11+/m0/s1. The summed E-state index contributed by atoms with van der Waals surface area (Å²) < 4.78 is 41.7. The fourth-order valence-corrected chi connectivity index (χ4v) is 3.47. The van der Waals surface area contributed by atoms with Gasteiger partial charge >= 0.3 is 12.1 Å². The number of rotatable bonds is 1. The van der Waals surface area contributed by atoms with Crippen molar-refractivity contribution in [1.29, 1.82) is 0 Å². The molecule has 1 aliphatic heterocycles. The zero-order valence-corrected chi connectivity index (χ0v) is 12.0. The van der Waals surface area contributed by atoms with Crippen molar-refractivity contribution >= 4 is 5.97 Å². The number of hydrogen-bond donors (Lipinski definition) is 1. The molecule has 1 aromatic carbocycles. The fourth-order valence-electron chi connectivity index (χ4n) is 3.47. The summed E-state index contributed by atoms with van der Waals surface area (Å²) in [5, 5.41) is 9.82. The molecule has 2 atom stereocenters. The highest BCUT2D eigenvalue weighted by atomic mass is 19.4. The largest absolute Gasteiger partial charge is 0.504 e. The molecule has 22 heavy (non-hydrogen) atoms. The topological polar surface area (TPSA) is 49.8 Å². The van der Waals surface area contributed by atoms with Crippen LogP contribution in [0.15, 0.2) is 12.1 Å². The van der Waals surface area contributed by atoms with Gasteiger partial charge in [-0.25, -0.2) is 4.79 Å². The van der Waals surface area contributed by atoms with Crippen LogP contribution in [-0.4, -0.2) is 41.8 Å². The third-order valence-electron chi connectivity index (χ3n) is 4.62. The van der Waals surface area contributed by atoms with Gasteiger partial charge in [0.25, 0.3) is 0 Å². The molecule has 7 heteroatoms. The van der Waals surface area contributed by atoms with Crippen molar-refractivity contribution in [3.8, 4) is 11.5 Å². The summed E-state index contributed by atoms with van der Waals surface area (Å²) in [6.45, 7) is 0.937. The van der Waals surface area contributed by atoms with Crippen LogP contribution in [0.25, 0.3) is 0 Å². The molecule has 0 amide bonds. The van der Waals surface area contributed by atoms with Crippen molar-refractivity contribution in [2.75, 3.05) is 13.6 Å². The minimum Gasteiger partial charge on any atom is -0.504 e. The number of benzene rings is 1. The molecule has 1 heterocycles. The van der Waals surface area contributed by atoms with E-state index >= 15 is 0 Å². The van der Waals surface area contributed by atoms with E-state index in [0.29, 0.717) is 30.4 Å². The van der Waals surface area contributed by atoms with E-state index in [-0.39, 0.29) is 5.75 Å². The van der Waals surface area contributed by atoms with Crippen molar-refractivity contribution in [3.05, 3.63) is 23.3 Å². The van der Waals surface area contributed by atoms with Gasteiger partial charge in [-0.3, -0.25) is 0 Å². The Bertz CT molecular complexity index is 615. The van der Waals surface area contributed by atoms with Crippen molar-refractivity contribution in [2.45, 2.75) is 31.5 Å². The molecular formula is C15H16F3NO3. The van der Waals surface area contributed by atoms with Crippen molar-refractivity contribution in [1.82, 2.24) is 4.90 Å². The number of phenolic OH excluding ortho intramolecular Hbond substituents is 1. The van der Waals surface area contributed by atoms with Crippen LogP contribution in [0, 0.1) is 5.92 Å². The fraction of sp³-hybridized carbons (Fsp3) is 0.533. The van der Waals surface area contributed by atoms with E-state index in [1.165, 1.54) is 6.07 Å². The molecule has 0 spiro atoms. The minimum atomic E-state index is -5.08. The summed E-state index contributed by atoms with van der Waals surface area (Å²) in [7, 11) is 2.03. The number of aromatic hydroxyl groups is 1. The van der Waals surface area contributed by atoms with E-state index in [1.807, 2.05) is 7.05 Å². The van der Waals surface area contributed by atoms with Gasteiger partial charge < -0.3 is 14.7 Å². The second kappa shape index (κ2) is 5.15. The monoisotopic (exact) mass is 315 g/mol. The lowest BCUT2D eigenvalue weighted by Gasteiger charge is -2.32. The Labute approximate surface area is 125 Å². The van der Waals surface area contributed by atoms with Gasteiger partial charge in [0.05, 0.1) is 0 Å². The van der Waals surface area contributed by atoms with Gasteiger partial charge in [-0.1, -0.05) is 6.07 Å². The maximum atomic E-state index is 12.4. The highest BCUT2D eigenvalue weighted by Crippen LogP contribution is 2.42. The Morgan fingerprint density at radius 3 is 2.77 bits per heavy atom. The van der Waals surface area contributed by atoms with Gasteiger partial charge in [0, 0.05) is 11.6 Å². The predicted octanol–water partition coefficient (Wildman–Crippen LogP) is 2.28. The number of alkyl halides is 3. The summed E-state index contributed by atoms with van der Waals surface area (Å²) in [6, 6.07) is 3.33.